The maximum Gasteiger partial charge on any atom is 0.255 e. The van der Waals surface area contributed by atoms with Crippen LogP contribution in [0.5, 0.6) is 0 Å². The maximum atomic E-state index is 12.6. The highest BCUT2D eigenvalue weighted by atomic mass is 16.3. The van der Waals surface area contributed by atoms with Gasteiger partial charge < -0.3 is 14.6 Å². The van der Waals surface area contributed by atoms with Crippen molar-refractivity contribution >= 4 is 17.5 Å². The molecule has 2 heterocycles. The third kappa shape index (κ3) is 2.50. The lowest BCUT2D eigenvalue weighted by atomic mass is 10.1. The molecule has 0 aliphatic carbocycles. The summed E-state index contributed by atoms with van der Waals surface area (Å²) >= 11 is 0. The zero-order valence-corrected chi connectivity index (χ0v) is 12.6. The van der Waals surface area contributed by atoms with Gasteiger partial charge in [-0.25, -0.2) is 0 Å². The van der Waals surface area contributed by atoms with E-state index in [1.807, 2.05) is 37.3 Å². The fraction of sp³-hybridized carbons (Fsp3) is 0.294. The Morgan fingerprint density at radius 3 is 2.64 bits per heavy atom. The minimum atomic E-state index is -0.503. The monoisotopic (exact) mass is 298 g/mol. The molecule has 0 bridgehead atoms. The number of carbonyl (C=O) groups excluding carboxylic acids is 2. The summed E-state index contributed by atoms with van der Waals surface area (Å²) in [5, 5.41) is 2.81. The fourth-order valence-electron chi connectivity index (χ4n) is 2.88. The normalized spacial score (nSPS) is 21.2. The molecule has 22 heavy (non-hydrogen) atoms. The first-order valence-corrected chi connectivity index (χ1v) is 7.31. The van der Waals surface area contributed by atoms with Crippen LogP contribution in [-0.2, 0) is 4.79 Å². The van der Waals surface area contributed by atoms with E-state index in [1.54, 1.807) is 17.9 Å². The number of furan rings is 1. The number of amides is 2. The van der Waals surface area contributed by atoms with E-state index >= 15 is 0 Å². The fourth-order valence-corrected chi connectivity index (χ4v) is 2.88. The Balaban J connectivity index is 1.76. The second-order valence-corrected chi connectivity index (χ2v) is 5.55. The van der Waals surface area contributed by atoms with Gasteiger partial charge in [-0.05, 0) is 38.5 Å². The molecule has 1 aromatic heterocycles. The van der Waals surface area contributed by atoms with Crippen LogP contribution in [0.2, 0.25) is 0 Å². The maximum absolute atomic E-state index is 12.6. The highest BCUT2D eigenvalue weighted by molar-refractivity contribution is 6.04. The van der Waals surface area contributed by atoms with Crippen LogP contribution in [0.4, 0.5) is 5.69 Å². The average Bonchev–Trinajstić information content (AvgIpc) is 3.04. The Hall–Kier alpha value is -2.56. The van der Waals surface area contributed by atoms with Gasteiger partial charge in [-0.15, -0.1) is 0 Å². The van der Waals surface area contributed by atoms with Gasteiger partial charge >= 0.3 is 0 Å². The van der Waals surface area contributed by atoms with Crippen LogP contribution in [-0.4, -0.2) is 23.9 Å². The van der Waals surface area contributed by atoms with E-state index in [0.717, 1.165) is 5.69 Å². The Labute approximate surface area is 128 Å². The molecule has 2 atom stereocenters. The van der Waals surface area contributed by atoms with Crippen LogP contribution in [0.3, 0.4) is 0 Å². The van der Waals surface area contributed by atoms with Crippen molar-refractivity contribution in [3.63, 3.8) is 0 Å². The third-order valence-electron chi connectivity index (χ3n) is 4.00. The lowest BCUT2D eigenvalue weighted by molar-refractivity contribution is -0.118. The molecular formula is C17H18N2O3. The molecule has 3 rings (SSSR count). The molecule has 1 fully saturated rings. The van der Waals surface area contributed by atoms with E-state index in [1.165, 1.54) is 6.26 Å². The Morgan fingerprint density at radius 2 is 2.00 bits per heavy atom. The van der Waals surface area contributed by atoms with Crippen molar-refractivity contribution in [2.24, 2.45) is 0 Å². The van der Waals surface area contributed by atoms with Gasteiger partial charge in [-0.3, -0.25) is 9.59 Å². The number of para-hydroxylation sites is 1. The Morgan fingerprint density at radius 1 is 1.27 bits per heavy atom. The molecule has 2 amide bonds. The largest absolute Gasteiger partial charge is 0.469 e. The minimum Gasteiger partial charge on any atom is -0.469 e. The predicted octanol–water partition coefficient (Wildman–Crippen LogP) is 2.51. The van der Waals surface area contributed by atoms with Crippen LogP contribution in [0.15, 0.2) is 47.1 Å². The second kappa shape index (κ2) is 5.67. The number of hydrogen-bond acceptors (Lipinski definition) is 3. The topological polar surface area (TPSA) is 62.6 Å². The lowest BCUT2D eigenvalue weighted by Crippen LogP contribution is -2.42. The highest BCUT2D eigenvalue weighted by Gasteiger charge is 2.39. The summed E-state index contributed by atoms with van der Waals surface area (Å²) in [4.78, 5) is 26.6. The number of nitrogens with one attached hydrogen (secondary N) is 1. The molecule has 0 radical (unpaired) electrons. The lowest BCUT2D eigenvalue weighted by Gasteiger charge is -2.21. The van der Waals surface area contributed by atoms with Crippen molar-refractivity contribution < 1.29 is 14.0 Å². The quantitative estimate of drug-likeness (QED) is 0.947. The molecule has 1 saturated heterocycles. The van der Waals surface area contributed by atoms with Crippen molar-refractivity contribution in [2.75, 3.05) is 4.90 Å². The first kappa shape index (κ1) is 14.4. The summed E-state index contributed by atoms with van der Waals surface area (Å²) in [5.74, 6) is 0.204. The summed E-state index contributed by atoms with van der Waals surface area (Å²) in [6.45, 7) is 3.71. The molecule has 5 nitrogen and oxygen atoms in total. The van der Waals surface area contributed by atoms with E-state index in [4.69, 9.17) is 4.42 Å². The van der Waals surface area contributed by atoms with Crippen LogP contribution in [0, 0.1) is 6.92 Å². The van der Waals surface area contributed by atoms with Gasteiger partial charge in [0.25, 0.3) is 5.91 Å². The van der Waals surface area contributed by atoms with Gasteiger partial charge in [0, 0.05) is 11.7 Å². The van der Waals surface area contributed by atoms with E-state index in [0.29, 0.717) is 17.7 Å². The molecule has 114 valence electrons. The summed E-state index contributed by atoms with van der Waals surface area (Å²) < 4.78 is 5.13. The van der Waals surface area contributed by atoms with Crippen molar-refractivity contribution in [1.29, 1.82) is 0 Å². The zero-order chi connectivity index (χ0) is 15.7. The molecule has 1 aliphatic rings. The van der Waals surface area contributed by atoms with Crippen LogP contribution < -0.4 is 10.2 Å². The summed E-state index contributed by atoms with van der Waals surface area (Å²) in [6.07, 6.45) is 2.07. The average molecular weight is 298 g/mol. The third-order valence-corrected chi connectivity index (χ3v) is 4.00. The van der Waals surface area contributed by atoms with Crippen molar-refractivity contribution in [2.45, 2.75) is 32.4 Å². The number of aryl methyl sites for hydroxylation is 1. The number of nitrogens with zero attached hydrogens (tertiary/aromatic N) is 1. The highest BCUT2D eigenvalue weighted by Crippen LogP contribution is 2.26. The first-order valence-electron chi connectivity index (χ1n) is 7.31. The minimum absolute atomic E-state index is 0.0469. The molecular weight excluding hydrogens is 280 g/mol. The number of hydrogen-bond donors (Lipinski definition) is 1. The number of rotatable bonds is 3. The van der Waals surface area contributed by atoms with E-state index in [2.05, 4.69) is 5.32 Å². The summed E-state index contributed by atoms with van der Waals surface area (Å²) in [6, 6.07) is 10.7. The molecule has 1 N–H and O–H groups in total. The van der Waals surface area contributed by atoms with Crippen LogP contribution in [0.1, 0.15) is 29.5 Å². The van der Waals surface area contributed by atoms with Crippen LogP contribution in [0.25, 0.3) is 0 Å². The SMILES string of the molecule is Cc1occc1C(=O)NC1CC(C)N(c2ccccc2)C1=O. The standard InChI is InChI=1S/C17H18N2O3/c1-11-10-15(18-16(20)14-8-9-22-12(14)2)17(21)19(11)13-6-4-3-5-7-13/h3-9,11,15H,10H2,1-2H3,(H,18,20). The van der Waals surface area contributed by atoms with Crippen LogP contribution >= 0.6 is 0 Å². The Kier molecular flexibility index (Phi) is 3.71. The molecule has 0 spiro atoms. The number of carbonyl (C=O) groups is 2. The predicted molar refractivity (Wildman–Crippen MR) is 82.7 cm³/mol. The van der Waals surface area contributed by atoms with E-state index in [9.17, 15) is 9.59 Å². The van der Waals surface area contributed by atoms with Crippen molar-refractivity contribution in [1.82, 2.24) is 5.32 Å². The van der Waals surface area contributed by atoms with Gasteiger partial charge in [-0.1, -0.05) is 18.2 Å². The molecule has 2 unspecified atom stereocenters. The number of benzene rings is 1. The second-order valence-electron chi connectivity index (χ2n) is 5.55. The smallest absolute Gasteiger partial charge is 0.255 e. The van der Waals surface area contributed by atoms with Crippen molar-refractivity contribution in [3.8, 4) is 0 Å². The molecule has 0 saturated carbocycles. The van der Waals surface area contributed by atoms with E-state index in [-0.39, 0.29) is 17.9 Å². The van der Waals surface area contributed by atoms with Gasteiger partial charge in [0.15, 0.2) is 0 Å². The van der Waals surface area contributed by atoms with E-state index < -0.39 is 6.04 Å². The first-order chi connectivity index (χ1) is 10.6. The van der Waals surface area contributed by atoms with Gasteiger partial charge in [0.05, 0.1) is 11.8 Å². The number of anilines is 1. The molecule has 2 aromatic rings. The van der Waals surface area contributed by atoms with Gasteiger partial charge in [0.2, 0.25) is 5.91 Å². The Bertz CT molecular complexity index is 693. The molecule has 5 heteroatoms. The van der Waals surface area contributed by atoms with Gasteiger partial charge in [0.1, 0.15) is 11.8 Å². The zero-order valence-electron chi connectivity index (χ0n) is 12.6. The molecule has 1 aromatic carbocycles. The van der Waals surface area contributed by atoms with Gasteiger partial charge in [-0.2, -0.15) is 0 Å². The molecule has 1 aliphatic heterocycles. The summed E-state index contributed by atoms with van der Waals surface area (Å²) in [5.41, 5.74) is 1.33. The summed E-state index contributed by atoms with van der Waals surface area (Å²) in [7, 11) is 0. The van der Waals surface area contributed by atoms with Crippen molar-refractivity contribution in [3.05, 3.63) is 54.0 Å².